The van der Waals surface area contributed by atoms with Gasteiger partial charge in [-0.05, 0) is 16.7 Å². The second kappa shape index (κ2) is 11.7. The Morgan fingerprint density at radius 2 is 1.82 bits per heavy atom. The summed E-state index contributed by atoms with van der Waals surface area (Å²) in [5, 5.41) is 5.97. The fourth-order valence-corrected chi connectivity index (χ4v) is 6.13. The van der Waals surface area contributed by atoms with E-state index in [1.807, 2.05) is 60.7 Å². The monoisotopic (exact) mass is 576 g/mol. The fourth-order valence-electron chi connectivity index (χ4n) is 4.35. The van der Waals surface area contributed by atoms with Crippen molar-refractivity contribution in [1.29, 1.82) is 0 Å². The van der Waals surface area contributed by atoms with Gasteiger partial charge in [-0.2, -0.15) is 9.36 Å². The summed E-state index contributed by atoms with van der Waals surface area (Å²) in [6.45, 7) is 3.83. The van der Waals surface area contributed by atoms with Crippen LogP contribution in [0.2, 0.25) is 0 Å². The average Bonchev–Trinajstić information content (AvgIpc) is 3.42. The standard InChI is InChI=1S/C27H24N6O5S2/c1-3-15-14-39-25-19(29-23(34)18(31-37-2)22-30-27(28)40-32-22)24(35)33(25)20(15)26(36)38-21(16-10-6-4-7-11-16)17-12-8-5-9-13-17/h3-13,19,21,25H,1,14H2,2H3,(H,29,34)(H2,28,30,32)/t19?,25-/m1/s1. The van der Waals surface area contributed by atoms with Crippen molar-refractivity contribution >= 4 is 51.9 Å². The number of hydrogen-bond acceptors (Lipinski definition) is 11. The Labute approximate surface area is 237 Å². The number of aromatic nitrogens is 2. The van der Waals surface area contributed by atoms with Crippen LogP contribution in [0.15, 0.2) is 89.7 Å². The van der Waals surface area contributed by atoms with Crippen molar-refractivity contribution in [2.45, 2.75) is 17.5 Å². The molecule has 2 aliphatic heterocycles. The van der Waals surface area contributed by atoms with Gasteiger partial charge in [-0.15, -0.1) is 11.8 Å². The van der Waals surface area contributed by atoms with Crippen LogP contribution < -0.4 is 11.1 Å². The molecule has 0 radical (unpaired) electrons. The van der Waals surface area contributed by atoms with E-state index in [2.05, 4.69) is 26.4 Å². The summed E-state index contributed by atoms with van der Waals surface area (Å²) in [7, 11) is 1.27. The van der Waals surface area contributed by atoms with Crippen molar-refractivity contribution in [3.05, 3.63) is 102 Å². The maximum atomic E-state index is 13.7. The third-order valence-corrected chi connectivity index (χ3v) is 8.05. The SMILES string of the molecule is C=CC1=C(C(=O)OC(c2ccccc2)c2ccccc2)N2C(=O)C(NC(=O)C(=NOC)c3nsc(N)n3)[C@H]2SC1. The van der Waals surface area contributed by atoms with Gasteiger partial charge in [0.2, 0.25) is 11.5 Å². The number of nitrogens with one attached hydrogen (secondary N) is 1. The molecule has 11 nitrogen and oxygen atoms in total. The zero-order valence-corrected chi connectivity index (χ0v) is 22.9. The first kappa shape index (κ1) is 27.1. The van der Waals surface area contributed by atoms with Crippen LogP contribution in [0.1, 0.15) is 23.1 Å². The molecule has 13 heteroatoms. The van der Waals surface area contributed by atoms with Crippen LogP contribution in [0, 0.1) is 0 Å². The number of oxime groups is 1. The number of nitrogens with zero attached hydrogens (tertiary/aromatic N) is 4. The van der Waals surface area contributed by atoms with Crippen LogP contribution in [-0.2, 0) is 24.0 Å². The predicted molar refractivity (Wildman–Crippen MR) is 151 cm³/mol. The van der Waals surface area contributed by atoms with Gasteiger partial charge in [-0.3, -0.25) is 14.5 Å². The van der Waals surface area contributed by atoms with Gasteiger partial charge in [0.1, 0.15) is 24.2 Å². The molecule has 0 saturated carbocycles. The van der Waals surface area contributed by atoms with Gasteiger partial charge in [0.15, 0.2) is 11.2 Å². The first-order chi connectivity index (χ1) is 19.4. The van der Waals surface area contributed by atoms with Gasteiger partial charge in [-0.25, -0.2) is 4.79 Å². The summed E-state index contributed by atoms with van der Waals surface area (Å²) in [5.41, 5.74) is 7.64. The first-order valence-corrected chi connectivity index (χ1v) is 13.9. The number of carbonyl (C=O) groups is 3. The lowest BCUT2D eigenvalue weighted by Crippen LogP contribution is -2.71. The van der Waals surface area contributed by atoms with Crippen molar-refractivity contribution in [2.75, 3.05) is 18.6 Å². The average molecular weight is 577 g/mol. The number of benzene rings is 2. The van der Waals surface area contributed by atoms with Crippen LogP contribution in [-0.4, -0.2) is 62.0 Å². The first-order valence-electron chi connectivity index (χ1n) is 12.1. The number of ether oxygens (including phenoxy) is 1. The lowest BCUT2D eigenvalue weighted by atomic mass is 10.0. The Balaban J connectivity index is 1.38. The Morgan fingerprint density at radius 1 is 1.18 bits per heavy atom. The van der Waals surface area contributed by atoms with E-state index in [0.29, 0.717) is 11.3 Å². The molecule has 3 aromatic rings. The second-order valence-corrected chi connectivity index (χ2v) is 10.5. The smallest absolute Gasteiger partial charge is 0.356 e. The zero-order chi connectivity index (χ0) is 28.2. The summed E-state index contributed by atoms with van der Waals surface area (Å²) in [4.78, 5) is 50.2. The predicted octanol–water partition coefficient (Wildman–Crippen LogP) is 2.64. The molecule has 0 aliphatic carbocycles. The highest BCUT2D eigenvalue weighted by Crippen LogP contribution is 2.41. The maximum absolute atomic E-state index is 13.7. The molecule has 0 spiro atoms. The zero-order valence-electron chi connectivity index (χ0n) is 21.2. The van der Waals surface area contributed by atoms with Crippen molar-refractivity contribution in [3.63, 3.8) is 0 Å². The Bertz CT molecular complexity index is 1470. The Morgan fingerprint density at radius 3 is 2.38 bits per heavy atom. The normalized spacial score (nSPS) is 18.6. The molecule has 2 aliphatic rings. The van der Waals surface area contributed by atoms with E-state index in [0.717, 1.165) is 22.7 Å². The number of hydrogen-bond donors (Lipinski definition) is 2. The minimum Gasteiger partial charge on any atom is -0.448 e. The molecule has 5 rings (SSSR count). The number of nitrogen functional groups attached to an aromatic ring is 1. The molecule has 2 amide bonds. The second-order valence-electron chi connectivity index (χ2n) is 8.62. The number of allylic oxidation sites excluding steroid dienone is 1. The van der Waals surface area contributed by atoms with Crippen molar-refractivity contribution in [2.24, 2.45) is 5.16 Å². The van der Waals surface area contributed by atoms with Gasteiger partial charge in [0, 0.05) is 17.3 Å². The highest BCUT2D eigenvalue weighted by molar-refractivity contribution is 8.00. The van der Waals surface area contributed by atoms with Gasteiger partial charge < -0.3 is 20.6 Å². The number of nitrogens with two attached hydrogens (primary N) is 1. The molecule has 204 valence electrons. The van der Waals surface area contributed by atoms with Gasteiger partial charge in [0.05, 0.1) is 0 Å². The van der Waals surface area contributed by atoms with Crippen molar-refractivity contribution in [1.82, 2.24) is 19.6 Å². The van der Waals surface area contributed by atoms with Gasteiger partial charge in [0.25, 0.3) is 11.8 Å². The molecular formula is C27H24N6O5S2. The molecule has 1 unspecified atom stereocenters. The van der Waals surface area contributed by atoms with Crippen molar-refractivity contribution < 1.29 is 24.0 Å². The third kappa shape index (κ3) is 5.20. The maximum Gasteiger partial charge on any atom is 0.356 e. The highest BCUT2D eigenvalue weighted by atomic mass is 32.2. The van der Waals surface area contributed by atoms with Crippen LogP contribution in [0.25, 0.3) is 0 Å². The largest absolute Gasteiger partial charge is 0.448 e. The fraction of sp³-hybridized carbons (Fsp3) is 0.185. The number of amides is 2. The number of β-lactam (4-membered cyclic amide) rings is 1. The summed E-state index contributed by atoms with van der Waals surface area (Å²) >= 11 is 2.29. The molecular weight excluding hydrogens is 552 g/mol. The van der Waals surface area contributed by atoms with Gasteiger partial charge in [-0.1, -0.05) is 78.5 Å². The van der Waals surface area contributed by atoms with E-state index >= 15 is 0 Å². The van der Waals surface area contributed by atoms with E-state index in [4.69, 9.17) is 15.3 Å². The Hall–Kier alpha value is -4.49. The number of esters is 1. The van der Waals surface area contributed by atoms with E-state index in [1.165, 1.54) is 23.8 Å². The lowest BCUT2D eigenvalue weighted by molar-refractivity contribution is -0.154. The number of fused-ring (bicyclic) bond motifs is 1. The van der Waals surface area contributed by atoms with Gasteiger partial charge >= 0.3 is 5.97 Å². The summed E-state index contributed by atoms with van der Waals surface area (Å²) in [6.07, 6.45) is 0.847. The highest BCUT2D eigenvalue weighted by Gasteiger charge is 2.54. The molecule has 40 heavy (non-hydrogen) atoms. The van der Waals surface area contributed by atoms with Crippen LogP contribution in [0.3, 0.4) is 0 Å². The third-order valence-electron chi connectivity index (χ3n) is 6.20. The molecule has 1 aromatic heterocycles. The molecule has 2 aromatic carbocycles. The molecule has 0 bridgehead atoms. The molecule has 3 N–H and O–H groups in total. The van der Waals surface area contributed by atoms with Crippen LogP contribution >= 0.6 is 23.3 Å². The summed E-state index contributed by atoms with van der Waals surface area (Å²) in [6, 6.07) is 17.8. The van der Waals surface area contributed by atoms with E-state index in [9.17, 15) is 14.4 Å². The Kier molecular flexibility index (Phi) is 7.94. The summed E-state index contributed by atoms with van der Waals surface area (Å²) in [5.74, 6) is -1.49. The van der Waals surface area contributed by atoms with E-state index in [1.54, 1.807) is 6.08 Å². The number of thioether (sulfide) groups is 1. The number of carbonyl (C=O) groups excluding carboxylic acids is 3. The van der Waals surface area contributed by atoms with Crippen LogP contribution in [0.4, 0.5) is 5.13 Å². The quantitative estimate of drug-likeness (QED) is 0.170. The van der Waals surface area contributed by atoms with E-state index in [-0.39, 0.29) is 22.4 Å². The molecule has 1 saturated heterocycles. The number of rotatable bonds is 9. The lowest BCUT2D eigenvalue weighted by Gasteiger charge is -2.49. The van der Waals surface area contributed by atoms with Crippen LogP contribution in [0.5, 0.6) is 0 Å². The minimum atomic E-state index is -0.927. The molecule has 2 atom stereocenters. The number of anilines is 1. The minimum absolute atomic E-state index is 0.0206. The summed E-state index contributed by atoms with van der Waals surface area (Å²) < 4.78 is 10.0. The van der Waals surface area contributed by atoms with Crippen molar-refractivity contribution in [3.8, 4) is 0 Å². The molecule has 1 fully saturated rings. The van der Waals surface area contributed by atoms with E-state index < -0.39 is 35.3 Å². The molecule has 3 heterocycles. The topological polar surface area (TPSA) is 149 Å².